The smallest absolute Gasteiger partial charge is 0.229 e. The van der Waals surface area contributed by atoms with Crippen LogP contribution in [-0.2, 0) is 16.6 Å². The van der Waals surface area contributed by atoms with Gasteiger partial charge in [0.15, 0.2) is 0 Å². The fourth-order valence-electron chi connectivity index (χ4n) is 2.30. The minimum absolute atomic E-state index is 0.542. The Morgan fingerprint density at radius 2 is 1.70 bits per heavy atom. The average molecular weight is 327 g/mol. The number of aromatic nitrogens is 2. The standard InChI is InChI=1S/C17H17N3O2S/c1-23(21,22)19-16-9-7-15(8-10-16)17-11-12-20(18-17)13-14-5-3-2-4-6-14/h2-12,19H,13H2,1H3. The topological polar surface area (TPSA) is 64.0 Å². The van der Waals surface area contributed by atoms with Crippen LogP contribution in [0, 0.1) is 0 Å². The normalized spacial score (nSPS) is 11.3. The molecule has 5 nitrogen and oxygen atoms in total. The molecule has 0 atom stereocenters. The van der Waals surface area contributed by atoms with Crippen molar-refractivity contribution in [2.75, 3.05) is 11.0 Å². The van der Waals surface area contributed by atoms with Crippen molar-refractivity contribution in [2.45, 2.75) is 6.54 Å². The van der Waals surface area contributed by atoms with Gasteiger partial charge in [0.2, 0.25) is 10.0 Å². The third kappa shape index (κ3) is 4.20. The van der Waals surface area contributed by atoms with Gasteiger partial charge in [-0.15, -0.1) is 0 Å². The fraction of sp³-hybridized carbons (Fsp3) is 0.118. The van der Waals surface area contributed by atoms with Crippen LogP contribution in [0.1, 0.15) is 5.56 Å². The Labute approximate surface area is 135 Å². The van der Waals surface area contributed by atoms with E-state index >= 15 is 0 Å². The summed E-state index contributed by atoms with van der Waals surface area (Å²) in [5.41, 5.74) is 3.53. The van der Waals surface area contributed by atoms with Crippen LogP contribution in [0.2, 0.25) is 0 Å². The lowest BCUT2D eigenvalue weighted by atomic mass is 10.1. The van der Waals surface area contributed by atoms with E-state index in [1.807, 2.05) is 47.3 Å². The van der Waals surface area contributed by atoms with Gasteiger partial charge in [0.1, 0.15) is 0 Å². The maximum absolute atomic E-state index is 11.2. The van der Waals surface area contributed by atoms with Crippen LogP contribution in [0.4, 0.5) is 5.69 Å². The molecule has 0 aliphatic carbocycles. The van der Waals surface area contributed by atoms with Crippen LogP contribution in [0.15, 0.2) is 66.9 Å². The highest BCUT2D eigenvalue weighted by molar-refractivity contribution is 7.92. The van der Waals surface area contributed by atoms with E-state index in [0.29, 0.717) is 12.2 Å². The minimum atomic E-state index is -3.25. The second-order valence-corrected chi connectivity index (χ2v) is 7.08. The number of hydrogen-bond acceptors (Lipinski definition) is 3. The quantitative estimate of drug-likeness (QED) is 0.783. The molecule has 0 unspecified atom stereocenters. The number of anilines is 1. The van der Waals surface area contributed by atoms with Crippen molar-refractivity contribution in [3.05, 3.63) is 72.4 Å². The number of nitrogens with one attached hydrogen (secondary N) is 1. The molecule has 0 saturated heterocycles. The molecule has 118 valence electrons. The zero-order chi connectivity index (χ0) is 16.3. The van der Waals surface area contributed by atoms with E-state index < -0.39 is 10.0 Å². The van der Waals surface area contributed by atoms with Crippen LogP contribution in [0.3, 0.4) is 0 Å². The average Bonchev–Trinajstić information content (AvgIpc) is 2.96. The molecule has 6 heteroatoms. The van der Waals surface area contributed by atoms with E-state index in [0.717, 1.165) is 17.5 Å². The lowest BCUT2D eigenvalue weighted by molar-refractivity contribution is 0.607. The summed E-state index contributed by atoms with van der Waals surface area (Å²) in [4.78, 5) is 0. The van der Waals surface area contributed by atoms with Crippen molar-refractivity contribution in [3.8, 4) is 11.3 Å². The maximum atomic E-state index is 11.2. The first-order chi connectivity index (χ1) is 11.0. The van der Waals surface area contributed by atoms with E-state index in [2.05, 4.69) is 22.0 Å². The van der Waals surface area contributed by atoms with Gasteiger partial charge in [0.25, 0.3) is 0 Å². The number of rotatable bonds is 5. The summed E-state index contributed by atoms with van der Waals surface area (Å²) in [6, 6.07) is 19.2. The van der Waals surface area contributed by atoms with E-state index in [-0.39, 0.29) is 0 Å². The Morgan fingerprint density at radius 3 is 2.35 bits per heavy atom. The largest absolute Gasteiger partial charge is 0.284 e. The zero-order valence-electron chi connectivity index (χ0n) is 12.7. The molecule has 1 N–H and O–H groups in total. The molecule has 0 amide bonds. The minimum Gasteiger partial charge on any atom is -0.284 e. The first-order valence-corrected chi connectivity index (χ1v) is 9.04. The van der Waals surface area contributed by atoms with E-state index in [4.69, 9.17) is 0 Å². The van der Waals surface area contributed by atoms with E-state index in [1.54, 1.807) is 12.1 Å². The van der Waals surface area contributed by atoms with Crippen molar-refractivity contribution < 1.29 is 8.42 Å². The number of hydrogen-bond donors (Lipinski definition) is 1. The maximum Gasteiger partial charge on any atom is 0.229 e. The number of benzene rings is 2. The number of nitrogens with zero attached hydrogens (tertiary/aromatic N) is 2. The second kappa shape index (κ2) is 6.26. The first kappa shape index (κ1) is 15.3. The lowest BCUT2D eigenvalue weighted by Gasteiger charge is -2.04. The van der Waals surface area contributed by atoms with Gasteiger partial charge in [0.05, 0.1) is 18.5 Å². The summed E-state index contributed by atoms with van der Waals surface area (Å²) in [5.74, 6) is 0. The fourth-order valence-corrected chi connectivity index (χ4v) is 2.86. The summed E-state index contributed by atoms with van der Waals surface area (Å²) < 4.78 is 26.7. The van der Waals surface area contributed by atoms with Crippen LogP contribution in [0.5, 0.6) is 0 Å². The van der Waals surface area contributed by atoms with Crippen molar-refractivity contribution >= 4 is 15.7 Å². The van der Waals surface area contributed by atoms with Crippen molar-refractivity contribution in [1.29, 1.82) is 0 Å². The van der Waals surface area contributed by atoms with Gasteiger partial charge in [0, 0.05) is 17.4 Å². The lowest BCUT2D eigenvalue weighted by Crippen LogP contribution is -2.09. The second-order valence-electron chi connectivity index (χ2n) is 5.34. The zero-order valence-corrected chi connectivity index (χ0v) is 13.5. The Balaban J connectivity index is 1.75. The summed E-state index contributed by atoms with van der Waals surface area (Å²) in [6.07, 6.45) is 3.07. The van der Waals surface area contributed by atoms with Gasteiger partial charge >= 0.3 is 0 Å². The highest BCUT2D eigenvalue weighted by atomic mass is 32.2. The molecule has 1 aromatic heterocycles. The van der Waals surface area contributed by atoms with Gasteiger partial charge < -0.3 is 0 Å². The summed E-state index contributed by atoms with van der Waals surface area (Å²) in [5, 5.41) is 4.56. The van der Waals surface area contributed by atoms with Gasteiger partial charge in [-0.1, -0.05) is 42.5 Å². The molecule has 0 spiro atoms. The van der Waals surface area contributed by atoms with Crippen LogP contribution in [-0.4, -0.2) is 24.5 Å². The van der Waals surface area contributed by atoms with Crippen molar-refractivity contribution in [3.63, 3.8) is 0 Å². The molecule has 2 aromatic carbocycles. The number of sulfonamides is 1. The van der Waals surface area contributed by atoms with Crippen molar-refractivity contribution in [2.24, 2.45) is 0 Å². The Bertz CT molecular complexity index is 885. The van der Waals surface area contributed by atoms with Gasteiger partial charge in [-0.2, -0.15) is 5.10 Å². The van der Waals surface area contributed by atoms with Crippen LogP contribution in [0.25, 0.3) is 11.3 Å². The SMILES string of the molecule is CS(=O)(=O)Nc1ccc(-c2ccn(Cc3ccccc3)n2)cc1. The highest BCUT2D eigenvalue weighted by Crippen LogP contribution is 2.20. The molecular weight excluding hydrogens is 310 g/mol. The molecule has 0 fully saturated rings. The van der Waals surface area contributed by atoms with Crippen molar-refractivity contribution in [1.82, 2.24) is 9.78 Å². The molecule has 0 bridgehead atoms. The summed E-state index contributed by atoms with van der Waals surface area (Å²) >= 11 is 0. The Morgan fingerprint density at radius 1 is 1.00 bits per heavy atom. The van der Waals surface area contributed by atoms with Gasteiger partial charge in [-0.05, 0) is 23.8 Å². The molecule has 0 aliphatic rings. The molecule has 3 aromatic rings. The van der Waals surface area contributed by atoms with E-state index in [1.165, 1.54) is 5.56 Å². The summed E-state index contributed by atoms with van der Waals surface area (Å²) in [6.45, 7) is 0.717. The molecule has 0 saturated carbocycles. The molecular formula is C17H17N3O2S. The third-order valence-electron chi connectivity index (χ3n) is 3.31. The van der Waals surface area contributed by atoms with Crippen LogP contribution >= 0.6 is 0 Å². The molecule has 3 rings (SSSR count). The first-order valence-electron chi connectivity index (χ1n) is 7.15. The summed E-state index contributed by atoms with van der Waals surface area (Å²) in [7, 11) is -3.25. The van der Waals surface area contributed by atoms with Crippen LogP contribution < -0.4 is 4.72 Å². The highest BCUT2D eigenvalue weighted by Gasteiger charge is 2.05. The van der Waals surface area contributed by atoms with E-state index in [9.17, 15) is 8.42 Å². The Kier molecular flexibility index (Phi) is 4.16. The predicted molar refractivity (Wildman–Crippen MR) is 91.7 cm³/mol. The molecule has 0 aliphatic heterocycles. The monoisotopic (exact) mass is 327 g/mol. The molecule has 0 radical (unpaired) electrons. The van der Waals surface area contributed by atoms with Gasteiger partial charge in [-0.25, -0.2) is 8.42 Å². The molecule has 1 heterocycles. The molecule has 23 heavy (non-hydrogen) atoms. The Hall–Kier alpha value is -2.60. The predicted octanol–water partition coefficient (Wildman–Crippen LogP) is 2.97. The third-order valence-corrected chi connectivity index (χ3v) is 3.92. The van der Waals surface area contributed by atoms with Gasteiger partial charge in [-0.3, -0.25) is 9.40 Å².